The van der Waals surface area contributed by atoms with Crippen molar-refractivity contribution in [2.24, 2.45) is 0 Å². The number of benzene rings is 3. The molecule has 0 aliphatic carbocycles. The SMILES string of the molecule is O=C(NCc1ccc(OCc2cccnc2)cc1)c1ccccc1COc1ccccc1. The summed E-state index contributed by atoms with van der Waals surface area (Å²) in [6, 6.07) is 28.6. The molecule has 1 aromatic heterocycles. The highest BCUT2D eigenvalue weighted by Crippen LogP contribution is 2.16. The maximum absolute atomic E-state index is 12.8. The predicted octanol–water partition coefficient (Wildman–Crippen LogP) is 5.17. The summed E-state index contributed by atoms with van der Waals surface area (Å²) in [5, 5.41) is 2.99. The van der Waals surface area contributed by atoms with Crippen molar-refractivity contribution in [1.29, 1.82) is 0 Å². The summed E-state index contributed by atoms with van der Waals surface area (Å²) in [7, 11) is 0. The largest absolute Gasteiger partial charge is 0.489 e. The molecule has 0 radical (unpaired) electrons. The van der Waals surface area contributed by atoms with Crippen LogP contribution in [-0.4, -0.2) is 10.9 Å². The van der Waals surface area contributed by atoms with Gasteiger partial charge in [0.25, 0.3) is 5.91 Å². The zero-order chi connectivity index (χ0) is 22.0. The number of hydrogen-bond acceptors (Lipinski definition) is 4. The van der Waals surface area contributed by atoms with E-state index in [4.69, 9.17) is 9.47 Å². The summed E-state index contributed by atoms with van der Waals surface area (Å²) in [6.07, 6.45) is 3.52. The van der Waals surface area contributed by atoms with Crippen molar-refractivity contribution in [2.75, 3.05) is 0 Å². The third-order valence-corrected chi connectivity index (χ3v) is 4.90. The van der Waals surface area contributed by atoms with Gasteiger partial charge in [0.2, 0.25) is 0 Å². The van der Waals surface area contributed by atoms with Crippen molar-refractivity contribution >= 4 is 5.91 Å². The van der Waals surface area contributed by atoms with E-state index in [0.717, 1.165) is 28.2 Å². The van der Waals surface area contributed by atoms with E-state index < -0.39 is 0 Å². The van der Waals surface area contributed by atoms with Gasteiger partial charge in [-0.25, -0.2) is 0 Å². The fourth-order valence-electron chi connectivity index (χ4n) is 3.18. The third-order valence-electron chi connectivity index (χ3n) is 4.90. The topological polar surface area (TPSA) is 60.5 Å². The van der Waals surface area contributed by atoms with Crippen LogP contribution in [0.25, 0.3) is 0 Å². The maximum Gasteiger partial charge on any atom is 0.251 e. The number of nitrogens with one attached hydrogen (secondary N) is 1. The Morgan fingerprint density at radius 2 is 1.44 bits per heavy atom. The van der Waals surface area contributed by atoms with E-state index in [-0.39, 0.29) is 5.91 Å². The number of carbonyl (C=O) groups excluding carboxylic acids is 1. The maximum atomic E-state index is 12.8. The number of amides is 1. The predicted molar refractivity (Wildman–Crippen MR) is 123 cm³/mol. The number of hydrogen-bond donors (Lipinski definition) is 1. The minimum atomic E-state index is -0.130. The van der Waals surface area contributed by atoms with Gasteiger partial charge >= 0.3 is 0 Å². The van der Waals surface area contributed by atoms with Crippen LogP contribution in [0.2, 0.25) is 0 Å². The van der Waals surface area contributed by atoms with Crippen LogP contribution in [0.3, 0.4) is 0 Å². The first-order valence-corrected chi connectivity index (χ1v) is 10.4. The molecule has 4 rings (SSSR count). The van der Waals surface area contributed by atoms with Gasteiger partial charge in [-0.15, -0.1) is 0 Å². The normalized spacial score (nSPS) is 10.4. The zero-order valence-electron chi connectivity index (χ0n) is 17.6. The molecule has 0 bridgehead atoms. The molecule has 0 saturated carbocycles. The van der Waals surface area contributed by atoms with Gasteiger partial charge in [-0.05, 0) is 42.0 Å². The van der Waals surface area contributed by atoms with Crippen LogP contribution in [0, 0.1) is 0 Å². The van der Waals surface area contributed by atoms with Gasteiger partial charge in [0.1, 0.15) is 24.7 Å². The van der Waals surface area contributed by atoms with Crippen molar-refractivity contribution in [3.05, 3.63) is 126 Å². The van der Waals surface area contributed by atoms with Gasteiger partial charge in [0.05, 0.1) is 0 Å². The van der Waals surface area contributed by atoms with Crippen LogP contribution in [-0.2, 0) is 19.8 Å². The Morgan fingerprint density at radius 1 is 0.719 bits per heavy atom. The van der Waals surface area contributed by atoms with E-state index in [2.05, 4.69) is 10.3 Å². The molecule has 1 amide bonds. The number of rotatable bonds is 9. The van der Waals surface area contributed by atoms with Crippen molar-refractivity contribution in [2.45, 2.75) is 19.8 Å². The molecular weight excluding hydrogens is 400 g/mol. The molecule has 0 aliphatic rings. The van der Waals surface area contributed by atoms with Gasteiger partial charge in [-0.3, -0.25) is 9.78 Å². The highest BCUT2D eigenvalue weighted by molar-refractivity contribution is 5.95. The van der Waals surface area contributed by atoms with Gasteiger partial charge in [0, 0.05) is 35.6 Å². The van der Waals surface area contributed by atoms with Crippen molar-refractivity contribution in [1.82, 2.24) is 10.3 Å². The summed E-state index contributed by atoms with van der Waals surface area (Å²) in [6.45, 7) is 1.22. The van der Waals surface area contributed by atoms with E-state index in [1.807, 2.05) is 91.0 Å². The molecule has 4 aromatic rings. The molecule has 0 atom stereocenters. The highest BCUT2D eigenvalue weighted by Gasteiger charge is 2.11. The molecule has 1 heterocycles. The number of carbonyl (C=O) groups is 1. The second-order valence-corrected chi connectivity index (χ2v) is 7.24. The minimum absolute atomic E-state index is 0.130. The third kappa shape index (κ3) is 5.95. The molecule has 0 spiro atoms. The van der Waals surface area contributed by atoms with Gasteiger partial charge in [0.15, 0.2) is 0 Å². The Hall–Kier alpha value is -4.12. The monoisotopic (exact) mass is 424 g/mol. The summed E-state index contributed by atoms with van der Waals surface area (Å²) in [5.74, 6) is 1.41. The number of nitrogens with zero attached hydrogens (tertiary/aromatic N) is 1. The first-order chi connectivity index (χ1) is 15.8. The Bertz CT molecular complexity index is 1130. The Balaban J connectivity index is 1.30. The standard InChI is InChI=1S/C27H24N2O3/c30-27(26-11-5-4-8-23(26)20-32-24-9-2-1-3-10-24)29-18-21-12-14-25(15-13-21)31-19-22-7-6-16-28-17-22/h1-17H,18-20H2,(H,29,30). The van der Waals surface area contributed by atoms with Crippen LogP contribution in [0.4, 0.5) is 0 Å². The number of aromatic nitrogens is 1. The van der Waals surface area contributed by atoms with Crippen molar-refractivity contribution in [3.63, 3.8) is 0 Å². The molecule has 3 aromatic carbocycles. The van der Waals surface area contributed by atoms with E-state index in [1.54, 1.807) is 12.4 Å². The molecule has 32 heavy (non-hydrogen) atoms. The smallest absolute Gasteiger partial charge is 0.251 e. The summed E-state index contributed by atoms with van der Waals surface area (Å²) in [5.41, 5.74) is 3.46. The lowest BCUT2D eigenvalue weighted by atomic mass is 10.1. The lowest BCUT2D eigenvalue weighted by Gasteiger charge is -2.12. The van der Waals surface area contributed by atoms with Gasteiger partial charge in [-0.1, -0.05) is 54.6 Å². The van der Waals surface area contributed by atoms with E-state index in [1.165, 1.54) is 0 Å². The summed E-state index contributed by atoms with van der Waals surface area (Å²) >= 11 is 0. The van der Waals surface area contributed by atoms with Crippen molar-refractivity contribution in [3.8, 4) is 11.5 Å². The van der Waals surface area contributed by atoms with Crippen LogP contribution in [0.15, 0.2) is 103 Å². The molecular formula is C27H24N2O3. The Morgan fingerprint density at radius 3 is 2.22 bits per heavy atom. The van der Waals surface area contributed by atoms with E-state index in [9.17, 15) is 4.79 Å². The van der Waals surface area contributed by atoms with E-state index >= 15 is 0 Å². The molecule has 160 valence electrons. The van der Waals surface area contributed by atoms with Crippen LogP contribution >= 0.6 is 0 Å². The number of para-hydroxylation sites is 1. The summed E-state index contributed by atoms with van der Waals surface area (Å²) in [4.78, 5) is 16.9. The van der Waals surface area contributed by atoms with E-state index in [0.29, 0.717) is 25.3 Å². The molecule has 0 saturated heterocycles. The fraction of sp³-hybridized carbons (Fsp3) is 0.111. The zero-order valence-corrected chi connectivity index (χ0v) is 17.6. The molecule has 1 N–H and O–H groups in total. The van der Waals surface area contributed by atoms with Crippen LogP contribution in [0.5, 0.6) is 11.5 Å². The lowest BCUT2D eigenvalue weighted by Crippen LogP contribution is -2.24. The van der Waals surface area contributed by atoms with Gasteiger partial charge < -0.3 is 14.8 Å². The van der Waals surface area contributed by atoms with Crippen LogP contribution < -0.4 is 14.8 Å². The highest BCUT2D eigenvalue weighted by atomic mass is 16.5. The average Bonchev–Trinajstić information content (AvgIpc) is 2.87. The molecule has 0 aliphatic heterocycles. The number of ether oxygens (including phenoxy) is 2. The Kier molecular flexibility index (Phi) is 7.11. The molecule has 0 unspecified atom stereocenters. The molecule has 5 heteroatoms. The quantitative estimate of drug-likeness (QED) is 0.403. The minimum Gasteiger partial charge on any atom is -0.489 e. The fourth-order valence-corrected chi connectivity index (χ4v) is 3.18. The first kappa shape index (κ1) is 21.1. The molecule has 0 fully saturated rings. The molecule has 5 nitrogen and oxygen atoms in total. The number of pyridine rings is 1. The van der Waals surface area contributed by atoms with Crippen LogP contribution in [0.1, 0.15) is 27.0 Å². The van der Waals surface area contributed by atoms with Crippen molar-refractivity contribution < 1.29 is 14.3 Å². The Labute approximate surface area is 187 Å². The van der Waals surface area contributed by atoms with Gasteiger partial charge in [-0.2, -0.15) is 0 Å². The second-order valence-electron chi connectivity index (χ2n) is 7.24. The summed E-state index contributed by atoms with van der Waals surface area (Å²) < 4.78 is 11.6. The second kappa shape index (κ2) is 10.8. The first-order valence-electron chi connectivity index (χ1n) is 10.4. The lowest BCUT2D eigenvalue weighted by molar-refractivity contribution is 0.0948. The average molecular weight is 425 g/mol.